The number of hydrogen-bond acceptors (Lipinski definition) is 4. The van der Waals surface area contributed by atoms with Crippen LogP contribution in [-0.4, -0.2) is 31.3 Å². The van der Waals surface area contributed by atoms with Crippen molar-refractivity contribution in [2.45, 2.75) is 19.3 Å². The first-order valence-electron chi connectivity index (χ1n) is 8.13. The van der Waals surface area contributed by atoms with Crippen molar-refractivity contribution in [3.63, 3.8) is 0 Å². The van der Waals surface area contributed by atoms with Crippen molar-refractivity contribution >= 4 is 17.3 Å². The average molecular weight is 328 g/mol. The average Bonchev–Trinajstić information content (AvgIpc) is 2.62. The van der Waals surface area contributed by atoms with Crippen LogP contribution in [0.5, 0.6) is 5.75 Å². The molecule has 0 bridgehead atoms. The van der Waals surface area contributed by atoms with Gasteiger partial charge in [-0.3, -0.25) is 4.79 Å². The maximum Gasteiger partial charge on any atom is 0.255 e. The Bertz CT molecular complexity index is 624. The predicted molar refractivity (Wildman–Crippen MR) is 96.8 cm³/mol. The first-order valence-corrected chi connectivity index (χ1v) is 8.13. The third-order valence-electron chi connectivity index (χ3n) is 3.66. The third-order valence-corrected chi connectivity index (χ3v) is 3.66. The van der Waals surface area contributed by atoms with Gasteiger partial charge in [-0.2, -0.15) is 0 Å². The summed E-state index contributed by atoms with van der Waals surface area (Å²) in [5, 5.41) is 14.9. The van der Waals surface area contributed by atoms with E-state index in [1.807, 2.05) is 12.1 Å². The number of aliphatic hydroxyl groups excluding tert-OH is 1. The van der Waals surface area contributed by atoms with E-state index < -0.39 is 0 Å². The summed E-state index contributed by atoms with van der Waals surface area (Å²) in [6.45, 7) is 1.11. The number of ether oxygens (including phenoxy) is 1. The van der Waals surface area contributed by atoms with E-state index in [2.05, 4.69) is 10.6 Å². The van der Waals surface area contributed by atoms with Gasteiger partial charge in [0.1, 0.15) is 5.75 Å². The standard InChI is InChI=1S/C19H24N2O3/c1-24-18-11-9-17(10-12-18)21-19(23)15-5-7-16(8-6-15)20-13-3-2-4-14-22/h5-12,20,22H,2-4,13-14H2,1H3,(H,21,23). The molecule has 2 aromatic rings. The number of benzene rings is 2. The second-order valence-corrected chi connectivity index (χ2v) is 5.47. The summed E-state index contributed by atoms with van der Waals surface area (Å²) in [4.78, 5) is 12.2. The van der Waals surface area contributed by atoms with Gasteiger partial charge in [-0.05, 0) is 67.8 Å². The highest BCUT2D eigenvalue weighted by Gasteiger charge is 2.06. The van der Waals surface area contributed by atoms with Crippen LogP contribution in [0.4, 0.5) is 11.4 Å². The minimum absolute atomic E-state index is 0.144. The van der Waals surface area contributed by atoms with Crippen LogP contribution in [0.2, 0.25) is 0 Å². The lowest BCUT2D eigenvalue weighted by Gasteiger charge is -2.08. The Balaban J connectivity index is 1.83. The number of nitrogens with one attached hydrogen (secondary N) is 2. The number of hydrogen-bond donors (Lipinski definition) is 3. The number of methoxy groups -OCH3 is 1. The molecule has 0 spiro atoms. The van der Waals surface area contributed by atoms with Crippen molar-refractivity contribution in [3.8, 4) is 5.75 Å². The molecule has 3 N–H and O–H groups in total. The molecular formula is C19H24N2O3. The number of anilines is 2. The second kappa shape index (κ2) is 9.57. The lowest BCUT2D eigenvalue weighted by atomic mass is 10.2. The molecule has 0 aliphatic heterocycles. The molecule has 0 saturated heterocycles. The number of rotatable bonds is 9. The monoisotopic (exact) mass is 328 g/mol. The third kappa shape index (κ3) is 5.59. The topological polar surface area (TPSA) is 70.6 Å². The van der Waals surface area contributed by atoms with Crippen LogP contribution in [0.1, 0.15) is 29.6 Å². The zero-order chi connectivity index (χ0) is 17.2. The van der Waals surface area contributed by atoms with E-state index in [1.165, 1.54) is 0 Å². The summed E-state index contributed by atoms with van der Waals surface area (Å²) in [5.74, 6) is 0.608. The molecule has 0 atom stereocenters. The fourth-order valence-electron chi connectivity index (χ4n) is 2.26. The maximum absolute atomic E-state index is 12.2. The largest absolute Gasteiger partial charge is 0.497 e. The van der Waals surface area contributed by atoms with E-state index in [0.29, 0.717) is 5.56 Å². The highest BCUT2D eigenvalue weighted by molar-refractivity contribution is 6.04. The lowest BCUT2D eigenvalue weighted by Crippen LogP contribution is -2.12. The molecule has 1 amide bonds. The summed E-state index contributed by atoms with van der Waals surface area (Å²) < 4.78 is 5.09. The number of aliphatic hydroxyl groups is 1. The minimum atomic E-state index is -0.144. The van der Waals surface area contributed by atoms with Crippen LogP contribution in [-0.2, 0) is 0 Å². The van der Waals surface area contributed by atoms with Gasteiger partial charge < -0.3 is 20.5 Å². The van der Waals surface area contributed by atoms with E-state index in [9.17, 15) is 4.79 Å². The highest BCUT2D eigenvalue weighted by Crippen LogP contribution is 2.16. The zero-order valence-corrected chi connectivity index (χ0v) is 13.9. The van der Waals surface area contributed by atoms with E-state index in [1.54, 1.807) is 43.5 Å². The first-order chi connectivity index (χ1) is 11.7. The number of unbranched alkanes of at least 4 members (excludes halogenated alkanes) is 2. The normalized spacial score (nSPS) is 10.2. The molecule has 0 unspecified atom stereocenters. The van der Waals surface area contributed by atoms with Crippen LogP contribution >= 0.6 is 0 Å². The van der Waals surface area contributed by atoms with E-state index in [0.717, 1.165) is 42.9 Å². The van der Waals surface area contributed by atoms with Gasteiger partial charge in [0.2, 0.25) is 0 Å². The lowest BCUT2D eigenvalue weighted by molar-refractivity contribution is 0.102. The van der Waals surface area contributed by atoms with Gasteiger partial charge in [-0.1, -0.05) is 0 Å². The Hall–Kier alpha value is -2.53. The molecule has 0 aliphatic carbocycles. The van der Waals surface area contributed by atoms with Crippen molar-refractivity contribution in [2.75, 3.05) is 30.9 Å². The van der Waals surface area contributed by atoms with E-state index in [-0.39, 0.29) is 12.5 Å². The highest BCUT2D eigenvalue weighted by atomic mass is 16.5. The van der Waals surface area contributed by atoms with Crippen molar-refractivity contribution < 1.29 is 14.6 Å². The minimum Gasteiger partial charge on any atom is -0.497 e. The summed E-state index contributed by atoms with van der Waals surface area (Å²) >= 11 is 0. The molecule has 2 rings (SSSR count). The Morgan fingerprint density at radius 2 is 1.62 bits per heavy atom. The molecule has 0 aromatic heterocycles. The predicted octanol–water partition coefficient (Wildman–Crippen LogP) is 3.52. The van der Waals surface area contributed by atoms with Gasteiger partial charge >= 0.3 is 0 Å². The maximum atomic E-state index is 12.2. The summed E-state index contributed by atoms with van der Waals surface area (Å²) in [6.07, 6.45) is 2.86. The quantitative estimate of drug-likeness (QED) is 0.616. The first kappa shape index (κ1) is 17.8. The Kier molecular flexibility index (Phi) is 7.11. The van der Waals surface area contributed by atoms with Crippen LogP contribution in [0.15, 0.2) is 48.5 Å². The molecule has 24 heavy (non-hydrogen) atoms. The van der Waals surface area contributed by atoms with Crippen LogP contribution < -0.4 is 15.4 Å². The SMILES string of the molecule is COc1ccc(NC(=O)c2ccc(NCCCCCO)cc2)cc1. The molecule has 5 heteroatoms. The van der Waals surface area contributed by atoms with Gasteiger partial charge in [0.05, 0.1) is 7.11 Å². The molecule has 0 heterocycles. The van der Waals surface area contributed by atoms with Gasteiger partial charge in [-0.15, -0.1) is 0 Å². The van der Waals surface area contributed by atoms with Gasteiger partial charge in [0.25, 0.3) is 5.91 Å². The molecule has 0 fully saturated rings. The Labute approximate surface area is 142 Å². The number of carbonyl (C=O) groups excluding carboxylic acids is 1. The van der Waals surface area contributed by atoms with Crippen molar-refractivity contribution in [2.24, 2.45) is 0 Å². The second-order valence-electron chi connectivity index (χ2n) is 5.47. The van der Waals surface area contributed by atoms with Crippen LogP contribution in [0.25, 0.3) is 0 Å². The van der Waals surface area contributed by atoms with Gasteiger partial charge in [-0.25, -0.2) is 0 Å². The fraction of sp³-hybridized carbons (Fsp3) is 0.316. The van der Waals surface area contributed by atoms with Crippen molar-refractivity contribution in [1.29, 1.82) is 0 Å². The van der Waals surface area contributed by atoms with Crippen molar-refractivity contribution in [1.82, 2.24) is 0 Å². The molecule has 5 nitrogen and oxygen atoms in total. The summed E-state index contributed by atoms with van der Waals surface area (Å²) in [7, 11) is 1.61. The Morgan fingerprint density at radius 3 is 2.25 bits per heavy atom. The molecule has 128 valence electrons. The number of carbonyl (C=O) groups is 1. The van der Waals surface area contributed by atoms with Crippen LogP contribution in [0, 0.1) is 0 Å². The summed E-state index contributed by atoms with van der Waals surface area (Å²) in [5.41, 5.74) is 2.32. The van der Waals surface area contributed by atoms with Gasteiger partial charge in [0, 0.05) is 30.1 Å². The van der Waals surface area contributed by atoms with Gasteiger partial charge in [0.15, 0.2) is 0 Å². The molecule has 0 saturated carbocycles. The summed E-state index contributed by atoms with van der Waals surface area (Å²) in [6, 6.07) is 14.6. The fourth-order valence-corrected chi connectivity index (χ4v) is 2.26. The number of amides is 1. The molecular weight excluding hydrogens is 304 g/mol. The molecule has 0 radical (unpaired) electrons. The van der Waals surface area contributed by atoms with E-state index >= 15 is 0 Å². The zero-order valence-electron chi connectivity index (χ0n) is 13.9. The Morgan fingerprint density at radius 1 is 0.958 bits per heavy atom. The molecule has 2 aromatic carbocycles. The molecule has 0 aliphatic rings. The van der Waals surface area contributed by atoms with Crippen LogP contribution in [0.3, 0.4) is 0 Å². The van der Waals surface area contributed by atoms with E-state index in [4.69, 9.17) is 9.84 Å². The smallest absolute Gasteiger partial charge is 0.255 e. The van der Waals surface area contributed by atoms with Crippen molar-refractivity contribution in [3.05, 3.63) is 54.1 Å².